The van der Waals surface area contributed by atoms with Crippen LogP contribution in [-0.2, 0) is 6.42 Å². The van der Waals surface area contributed by atoms with E-state index in [-0.39, 0.29) is 0 Å². The van der Waals surface area contributed by atoms with Gasteiger partial charge in [0.25, 0.3) is 0 Å². The first-order valence-corrected chi connectivity index (χ1v) is 9.02. The summed E-state index contributed by atoms with van der Waals surface area (Å²) in [7, 11) is 0. The van der Waals surface area contributed by atoms with Crippen LogP contribution in [0.15, 0.2) is 42.5 Å². The van der Waals surface area contributed by atoms with Crippen LogP contribution in [0, 0.1) is 0 Å². The zero-order chi connectivity index (χ0) is 16.5. The van der Waals surface area contributed by atoms with Gasteiger partial charge < -0.3 is 11.5 Å². The first kappa shape index (κ1) is 15.6. The van der Waals surface area contributed by atoms with E-state index in [0.717, 1.165) is 36.3 Å². The maximum atomic E-state index is 6.17. The van der Waals surface area contributed by atoms with Crippen LogP contribution in [0.2, 0.25) is 0 Å². The zero-order valence-electron chi connectivity index (χ0n) is 14.1. The van der Waals surface area contributed by atoms with Gasteiger partial charge in [0.15, 0.2) is 0 Å². The number of nitrogens with two attached hydrogens (primary N) is 2. The van der Waals surface area contributed by atoms with E-state index in [9.17, 15) is 0 Å². The van der Waals surface area contributed by atoms with Crippen molar-refractivity contribution in [2.45, 2.75) is 50.2 Å². The van der Waals surface area contributed by atoms with Crippen molar-refractivity contribution >= 4 is 5.82 Å². The van der Waals surface area contributed by atoms with Crippen LogP contribution in [-0.4, -0.2) is 34.6 Å². The molecule has 1 aromatic carbocycles. The molecular weight excluding hydrogens is 296 g/mol. The molecule has 2 unspecified atom stereocenters. The fraction of sp³-hybridized carbons (Fsp3) is 0.450. The number of hydrogen-bond acceptors (Lipinski definition) is 4. The smallest absolute Gasteiger partial charge is 0.124 e. The summed E-state index contributed by atoms with van der Waals surface area (Å²) in [6.45, 7) is 1.15. The second-order valence-electron chi connectivity index (χ2n) is 7.25. The van der Waals surface area contributed by atoms with Gasteiger partial charge in [-0.25, -0.2) is 4.98 Å². The van der Waals surface area contributed by atoms with Crippen LogP contribution in [0.5, 0.6) is 0 Å². The van der Waals surface area contributed by atoms with Gasteiger partial charge in [0, 0.05) is 30.2 Å². The molecule has 2 aromatic rings. The third-order valence-corrected chi connectivity index (χ3v) is 5.60. The highest BCUT2D eigenvalue weighted by Crippen LogP contribution is 2.35. The molecule has 0 radical (unpaired) electrons. The molecule has 2 fully saturated rings. The second-order valence-corrected chi connectivity index (χ2v) is 7.25. The van der Waals surface area contributed by atoms with E-state index in [4.69, 9.17) is 11.5 Å². The highest BCUT2D eigenvalue weighted by Gasteiger charge is 2.38. The minimum absolute atomic E-state index is 0.420. The third-order valence-electron chi connectivity index (χ3n) is 5.60. The Kier molecular flexibility index (Phi) is 4.25. The Bertz CT molecular complexity index is 683. The fourth-order valence-corrected chi connectivity index (χ4v) is 4.39. The molecule has 3 heterocycles. The predicted octanol–water partition coefficient (Wildman–Crippen LogP) is 2.83. The van der Waals surface area contributed by atoms with Crippen molar-refractivity contribution in [3.8, 4) is 11.3 Å². The Morgan fingerprint density at radius 3 is 2.38 bits per heavy atom. The van der Waals surface area contributed by atoms with E-state index in [2.05, 4.69) is 34.1 Å². The van der Waals surface area contributed by atoms with Crippen molar-refractivity contribution in [1.82, 2.24) is 9.88 Å². The Balaban J connectivity index is 1.39. The molecule has 0 amide bonds. The average Bonchev–Trinajstić information content (AvgIpc) is 2.83. The van der Waals surface area contributed by atoms with Crippen molar-refractivity contribution in [2.24, 2.45) is 5.73 Å². The number of nitrogen functional groups attached to an aromatic ring is 1. The van der Waals surface area contributed by atoms with Crippen molar-refractivity contribution in [1.29, 1.82) is 0 Å². The monoisotopic (exact) mass is 322 g/mol. The summed E-state index contributed by atoms with van der Waals surface area (Å²) >= 11 is 0. The van der Waals surface area contributed by atoms with Gasteiger partial charge in [0.05, 0.1) is 5.69 Å². The summed E-state index contributed by atoms with van der Waals surface area (Å²) in [6.07, 6.45) is 6.12. The minimum atomic E-state index is 0.420. The van der Waals surface area contributed by atoms with E-state index in [0.29, 0.717) is 11.9 Å². The lowest BCUT2D eigenvalue weighted by Gasteiger charge is -2.37. The Hall–Kier alpha value is -1.91. The van der Waals surface area contributed by atoms with Gasteiger partial charge in [0.1, 0.15) is 5.82 Å². The molecule has 4 N–H and O–H groups in total. The maximum absolute atomic E-state index is 6.17. The third kappa shape index (κ3) is 3.17. The van der Waals surface area contributed by atoms with Crippen LogP contribution in [0.4, 0.5) is 5.82 Å². The topological polar surface area (TPSA) is 68.2 Å². The number of hydrogen-bond donors (Lipinski definition) is 2. The van der Waals surface area contributed by atoms with Gasteiger partial charge in [-0.3, -0.25) is 4.90 Å². The number of piperidine rings is 1. The Labute approximate surface area is 143 Å². The minimum Gasteiger partial charge on any atom is -0.384 e. The number of rotatable bonds is 4. The highest BCUT2D eigenvalue weighted by atomic mass is 15.2. The maximum Gasteiger partial charge on any atom is 0.124 e. The summed E-state index contributed by atoms with van der Waals surface area (Å²) < 4.78 is 0. The van der Waals surface area contributed by atoms with E-state index >= 15 is 0 Å². The van der Waals surface area contributed by atoms with Crippen molar-refractivity contribution < 1.29 is 0 Å². The van der Waals surface area contributed by atoms with E-state index in [1.165, 1.54) is 31.2 Å². The normalized spacial score (nSPS) is 26.6. The van der Waals surface area contributed by atoms with Gasteiger partial charge in [0.2, 0.25) is 0 Å². The lowest BCUT2D eigenvalue weighted by molar-refractivity contribution is 0.129. The molecule has 2 aliphatic rings. The highest BCUT2D eigenvalue weighted by molar-refractivity contribution is 5.61. The lowest BCUT2D eigenvalue weighted by atomic mass is 9.97. The summed E-state index contributed by atoms with van der Waals surface area (Å²) in [5.74, 6) is 0.565. The molecule has 0 spiro atoms. The molecule has 4 heteroatoms. The molecule has 24 heavy (non-hydrogen) atoms. The molecule has 126 valence electrons. The SMILES string of the molecule is Nc1cccc(-c2ccc(CCN3C4CCC3CC(N)C4)cc2)n1. The number of fused-ring (bicyclic) bond motifs is 2. The number of nitrogens with zero attached hydrogens (tertiary/aromatic N) is 2. The largest absolute Gasteiger partial charge is 0.384 e. The number of pyridine rings is 1. The molecule has 2 atom stereocenters. The quantitative estimate of drug-likeness (QED) is 0.908. The molecule has 2 bridgehead atoms. The van der Waals surface area contributed by atoms with E-state index in [1.807, 2.05) is 18.2 Å². The van der Waals surface area contributed by atoms with Crippen LogP contribution in [0.1, 0.15) is 31.2 Å². The summed E-state index contributed by atoms with van der Waals surface area (Å²) in [4.78, 5) is 7.09. The lowest BCUT2D eigenvalue weighted by Crippen LogP contribution is -2.48. The van der Waals surface area contributed by atoms with Crippen LogP contribution in [0.25, 0.3) is 11.3 Å². The molecule has 1 aromatic heterocycles. The van der Waals surface area contributed by atoms with E-state index in [1.54, 1.807) is 0 Å². The predicted molar refractivity (Wildman–Crippen MR) is 98.5 cm³/mol. The van der Waals surface area contributed by atoms with Crippen molar-refractivity contribution in [3.05, 3.63) is 48.0 Å². The molecule has 2 aliphatic heterocycles. The molecule has 2 saturated heterocycles. The molecule has 0 saturated carbocycles. The van der Waals surface area contributed by atoms with Gasteiger partial charge in [-0.1, -0.05) is 30.3 Å². The van der Waals surface area contributed by atoms with Crippen molar-refractivity contribution in [3.63, 3.8) is 0 Å². The standard InChI is InChI=1S/C20H26N4/c21-16-12-17-8-9-18(13-16)24(17)11-10-14-4-6-15(7-5-14)19-2-1-3-20(22)23-19/h1-7,16-18H,8-13,21H2,(H2,22,23). The van der Waals surface area contributed by atoms with Gasteiger partial charge in [-0.05, 0) is 49.8 Å². The van der Waals surface area contributed by atoms with Crippen molar-refractivity contribution in [2.75, 3.05) is 12.3 Å². The molecule has 4 rings (SSSR count). The van der Waals surface area contributed by atoms with Crippen LogP contribution < -0.4 is 11.5 Å². The Morgan fingerprint density at radius 1 is 1.00 bits per heavy atom. The molecule has 4 nitrogen and oxygen atoms in total. The van der Waals surface area contributed by atoms with Crippen LogP contribution in [0.3, 0.4) is 0 Å². The van der Waals surface area contributed by atoms with Gasteiger partial charge in [-0.2, -0.15) is 0 Å². The first-order chi connectivity index (χ1) is 11.7. The summed E-state index contributed by atoms with van der Waals surface area (Å²) in [6, 6.07) is 16.4. The first-order valence-electron chi connectivity index (χ1n) is 9.02. The van der Waals surface area contributed by atoms with Gasteiger partial charge >= 0.3 is 0 Å². The second kappa shape index (κ2) is 6.54. The average molecular weight is 322 g/mol. The molecular formula is C20H26N4. The zero-order valence-corrected chi connectivity index (χ0v) is 14.1. The Morgan fingerprint density at radius 2 is 1.71 bits per heavy atom. The fourth-order valence-electron chi connectivity index (χ4n) is 4.39. The summed E-state index contributed by atoms with van der Waals surface area (Å²) in [5.41, 5.74) is 15.4. The summed E-state index contributed by atoms with van der Waals surface area (Å²) in [5, 5.41) is 0. The van der Waals surface area contributed by atoms with Gasteiger partial charge in [-0.15, -0.1) is 0 Å². The number of anilines is 1. The van der Waals surface area contributed by atoms with E-state index < -0.39 is 0 Å². The number of aromatic nitrogens is 1. The van der Waals surface area contributed by atoms with Crippen LogP contribution >= 0.6 is 0 Å². The molecule has 0 aliphatic carbocycles. The number of benzene rings is 1.